The Kier molecular flexibility index (Phi) is 5.70. The average molecular weight is 284 g/mol. The van der Waals surface area contributed by atoms with E-state index in [2.05, 4.69) is 0 Å². The summed E-state index contributed by atoms with van der Waals surface area (Å²) in [5.74, 6) is 0.876. The number of methoxy groups -OCH3 is 1. The highest BCUT2D eigenvalue weighted by atomic mass is 35.5. The molecular weight excluding hydrogens is 270 g/mol. The highest BCUT2D eigenvalue weighted by Gasteiger charge is 2.13. The summed E-state index contributed by atoms with van der Waals surface area (Å²) in [4.78, 5) is 0. The molecule has 1 unspecified atom stereocenters. The van der Waals surface area contributed by atoms with Crippen molar-refractivity contribution in [2.75, 3.05) is 13.7 Å². The fourth-order valence-electron chi connectivity index (χ4n) is 1.31. The van der Waals surface area contributed by atoms with Crippen molar-refractivity contribution in [3.05, 3.63) is 27.7 Å². The predicted octanol–water partition coefficient (Wildman–Crippen LogP) is 4.15. The normalized spacial score (nSPS) is 12.6. The second-order valence-electron chi connectivity index (χ2n) is 3.39. The maximum Gasteiger partial charge on any atom is 0.142 e. The first-order chi connectivity index (χ1) is 7.58. The van der Waals surface area contributed by atoms with Crippen molar-refractivity contribution in [2.24, 2.45) is 0 Å². The maximum absolute atomic E-state index is 6.05. The maximum atomic E-state index is 6.05. The molecule has 0 spiro atoms. The van der Waals surface area contributed by atoms with Gasteiger partial charge in [-0.1, -0.05) is 23.2 Å². The average Bonchev–Trinajstić information content (AvgIpc) is 2.22. The Hall–Kier alpha value is -0.150. The van der Waals surface area contributed by atoms with Crippen LogP contribution in [0.2, 0.25) is 10.0 Å². The van der Waals surface area contributed by atoms with Crippen LogP contribution in [0.1, 0.15) is 12.5 Å². The molecule has 0 aromatic heterocycles. The number of halogens is 3. The van der Waals surface area contributed by atoms with Crippen LogP contribution in [0, 0.1) is 0 Å². The zero-order valence-electron chi connectivity index (χ0n) is 9.10. The Bertz CT molecular complexity index is 355. The first-order valence-electron chi connectivity index (χ1n) is 4.78. The third-order valence-corrected chi connectivity index (χ3v) is 2.74. The minimum Gasteiger partial charge on any atom is -0.486 e. The molecule has 0 aliphatic heterocycles. The van der Waals surface area contributed by atoms with Crippen LogP contribution < -0.4 is 4.74 Å². The third-order valence-electron chi connectivity index (χ3n) is 1.95. The molecule has 1 atom stereocenters. The quantitative estimate of drug-likeness (QED) is 0.756. The molecule has 1 aromatic rings. The van der Waals surface area contributed by atoms with Gasteiger partial charge >= 0.3 is 0 Å². The molecule has 1 aromatic carbocycles. The monoisotopic (exact) mass is 282 g/mol. The minimum atomic E-state index is -0.0920. The van der Waals surface area contributed by atoms with Crippen LogP contribution in [0.3, 0.4) is 0 Å². The molecule has 90 valence electrons. The highest BCUT2D eigenvalue weighted by molar-refractivity contribution is 6.36. The molecule has 1 rings (SSSR count). The van der Waals surface area contributed by atoms with Crippen molar-refractivity contribution in [1.29, 1.82) is 0 Å². The molecule has 0 fully saturated rings. The molecular formula is C11H13Cl3O2. The van der Waals surface area contributed by atoms with E-state index in [1.165, 1.54) is 0 Å². The van der Waals surface area contributed by atoms with Crippen molar-refractivity contribution in [3.8, 4) is 5.75 Å². The molecule has 0 radical (unpaired) electrons. The van der Waals surface area contributed by atoms with Crippen LogP contribution in [0.15, 0.2) is 12.1 Å². The molecule has 2 nitrogen and oxygen atoms in total. The van der Waals surface area contributed by atoms with Gasteiger partial charge in [0.1, 0.15) is 11.9 Å². The van der Waals surface area contributed by atoms with Gasteiger partial charge in [0.2, 0.25) is 0 Å². The summed E-state index contributed by atoms with van der Waals surface area (Å²) < 4.78 is 10.6. The number of alkyl halides is 1. The van der Waals surface area contributed by atoms with E-state index in [1.54, 1.807) is 19.2 Å². The Morgan fingerprint density at radius 2 is 2.00 bits per heavy atom. The van der Waals surface area contributed by atoms with Gasteiger partial charge in [0.15, 0.2) is 0 Å². The number of rotatable bonds is 5. The number of ether oxygens (including phenoxy) is 2. The van der Waals surface area contributed by atoms with Gasteiger partial charge in [-0.3, -0.25) is 0 Å². The Labute approximate surface area is 110 Å². The summed E-state index contributed by atoms with van der Waals surface area (Å²) in [7, 11) is 1.62. The van der Waals surface area contributed by atoms with Crippen molar-refractivity contribution in [2.45, 2.75) is 18.9 Å². The number of hydrogen-bond donors (Lipinski definition) is 0. The SMILES string of the molecule is COCC(C)Oc1c(Cl)cc(Cl)cc1CCl. The van der Waals surface area contributed by atoms with Gasteiger partial charge in [0.05, 0.1) is 17.5 Å². The molecule has 5 heteroatoms. The van der Waals surface area contributed by atoms with E-state index >= 15 is 0 Å². The topological polar surface area (TPSA) is 18.5 Å². The van der Waals surface area contributed by atoms with Gasteiger partial charge in [0.25, 0.3) is 0 Å². The molecule has 0 heterocycles. The smallest absolute Gasteiger partial charge is 0.142 e. The zero-order chi connectivity index (χ0) is 12.1. The van der Waals surface area contributed by atoms with Gasteiger partial charge < -0.3 is 9.47 Å². The summed E-state index contributed by atoms with van der Waals surface area (Å²) >= 11 is 17.7. The molecule has 0 bridgehead atoms. The van der Waals surface area contributed by atoms with Gasteiger partial charge in [-0.25, -0.2) is 0 Å². The molecule has 0 aliphatic rings. The first kappa shape index (κ1) is 13.9. The van der Waals surface area contributed by atoms with Crippen LogP contribution in [0.4, 0.5) is 0 Å². The van der Waals surface area contributed by atoms with Crippen LogP contribution in [0.25, 0.3) is 0 Å². The Morgan fingerprint density at radius 3 is 2.56 bits per heavy atom. The second kappa shape index (κ2) is 6.55. The molecule has 16 heavy (non-hydrogen) atoms. The van der Waals surface area contributed by atoms with Gasteiger partial charge in [-0.05, 0) is 19.1 Å². The van der Waals surface area contributed by atoms with Crippen LogP contribution >= 0.6 is 34.8 Å². The molecule has 0 saturated heterocycles. The van der Waals surface area contributed by atoms with Crippen LogP contribution in [0.5, 0.6) is 5.75 Å². The Balaban J connectivity index is 2.93. The van der Waals surface area contributed by atoms with E-state index in [1.807, 2.05) is 6.92 Å². The fraction of sp³-hybridized carbons (Fsp3) is 0.455. The Morgan fingerprint density at radius 1 is 1.31 bits per heavy atom. The van der Waals surface area contributed by atoms with E-state index in [0.717, 1.165) is 5.56 Å². The summed E-state index contributed by atoms with van der Waals surface area (Å²) in [6.45, 7) is 2.38. The zero-order valence-corrected chi connectivity index (χ0v) is 11.4. The van der Waals surface area contributed by atoms with E-state index in [-0.39, 0.29) is 6.10 Å². The van der Waals surface area contributed by atoms with Crippen molar-refractivity contribution in [1.82, 2.24) is 0 Å². The summed E-state index contributed by atoms with van der Waals surface area (Å²) in [6.07, 6.45) is -0.0920. The highest BCUT2D eigenvalue weighted by Crippen LogP contribution is 2.34. The van der Waals surface area contributed by atoms with Gasteiger partial charge in [-0.2, -0.15) is 0 Å². The summed E-state index contributed by atoms with van der Waals surface area (Å²) in [6, 6.07) is 3.38. The van der Waals surface area contributed by atoms with E-state index in [9.17, 15) is 0 Å². The van der Waals surface area contributed by atoms with Gasteiger partial charge in [0, 0.05) is 17.7 Å². The molecule has 0 aliphatic carbocycles. The second-order valence-corrected chi connectivity index (χ2v) is 4.50. The lowest BCUT2D eigenvalue weighted by molar-refractivity contribution is 0.0916. The van der Waals surface area contributed by atoms with E-state index in [4.69, 9.17) is 44.3 Å². The lowest BCUT2D eigenvalue weighted by Crippen LogP contribution is -2.18. The summed E-state index contributed by atoms with van der Waals surface area (Å²) in [5.41, 5.74) is 0.780. The standard InChI is InChI=1S/C11H13Cl3O2/c1-7(6-15-2)16-11-8(5-12)3-9(13)4-10(11)14/h3-4,7H,5-6H2,1-2H3. The van der Waals surface area contributed by atoms with E-state index in [0.29, 0.717) is 28.3 Å². The lowest BCUT2D eigenvalue weighted by Gasteiger charge is -2.17. The third kappa shape index (κ3) is 3.70. The first-order valence-corrected chi connectivity index (χ1v) is 6.07. The largest absolute Gasteiger partial charge is 0.486 e. The number of hydrogen-bond acceptors (Lipinski definition) is 2. The van der Waals surface area contributed by atoms with Crippen molar-refractivity contribution in [3.63, 3.8) is 0 Å². The fourth-order valence-corrected chi connectivity index (χ4v) is 2.09. The number of benzene rings is 1. The molecule has 0 saturated carbocycles. The van der Waals surface area contributed by atoms with Crippen molar-refractivity contribution >= 4 is 34.8 Å². The molecule has 0 N–H and O–H groups in total. The van der Waals surface area contributed by atoms with Crippen molar-refractivity contribution < 1.29 is 9.47 Å². The lowest BCUT2D eigenvalue weighted by atomic mass is 10.2. The van der Waals surface area contributed by atoms with Crippen LogP contribution in [-0.4, -0.2) is 19.8 Å². The predicted molar refractivity (Wildman–Crippen MR) is 68.0 cm³/mol. The van der Waals surface area contributed by atoms with E-state index < -0.39 is 0 Å². The summed E-state index contributed by atoms with van der Waals surface area (Å²) in [5, 5.41) is 1.01. The van der Waals surface area contributed by atoms with Crippen LogP contribution in [-0.2, 0) is 10.6 Å². The van der Waals surface area contributed by atoms with Gasteiger partial charge in [-0.15, -0.1) is 11.6 Å². The molecule has 0 amide bonds. The minimum absolute atomic E-state index is 0.0920.